The molecular formula is C18H21NO6S. The first kappa shape index (κ1) is 19.6. The number of rotatable bonds is 8. The van der Waals surface area contributed by atoms with Gasteiger partial charge in [0.25, 0.3) is 10.0 Å². The van der Waals surface area contributed by atoms with Gasteiger partial charge in [-0.1, -0.05) is 18.2 Å². The standard InChI is InChI=1S/C18H21NO6S/c1-4-25-18(20)11-13-10-15(23-2)16(24-3)12-17(13)26(21,22)19-14-8-6-5-7-9-14/h5-10,12,19H,4,11H2,1-3H3. The van der Waals surface area contributed by atoms with Crippen molar-refractivity contribution in [2.45, 2.75) is 18.2 Å². The van der Waals surface area contributed by atoms with E-state index >= 15 is 0 Å². The van der Waals surface area contributed by atoms with Gasteiger partial charge < -0.3 is 14.2 Å². The molecule has 0 aliphatic rings. The van der Waals surface area contributed by atoms with Crippen molar-refractivity contribution in [3.63, 3.8) is 0 Å². The van der Waals surface area contributed by atoms with Crippen LogP contribution in [0.2, 0.25) is 0 Å². The smallest absolute Gasteiger partial charge is 0.310 e. The van der Waals surface area contributed by atoms with Gasteiger partial charge in [-0.3, -0.25) is 9.52 Å². The highest BCUT2D eigenvalue weighted by atomic mass is 32.2. The summed E-state index contributed by atoms with van der Waals surface area (Å²) in [7, 11) is -1.12. The van der Waals surface area contributed by atoms with E-state index in [-0.39, 0.29) is 29.2 Å². The fraction of sp³-hybridized carbons (Fsp3) is 0.278. The van der Waals surface area contributed by atoms with E-state index < -0.39 is 16.0 Å². The van der Waals surface area contributed by atoms with Gasteiger partial charge in [-0.05, 0) is 30.7 Å². The van der Waals surface area contributed by atoms with E-state index in [0.29, 0.717) is 11.4 Å². The maximum absolute atomic E-state index is 12.9. The third-order valence-corrected chi connectivity index (χ3v) is 4.99. The van der Waals surface area contributed by atoms with Gasteiger partial charge in [0.15, 0.2) is 11.5 Å². The molecule has 1 N–H and O–H groups in total. The first-order chi connectivity index (χ1) is 12.4. The Kier molecular flexibility index (Phi) is 6.46. The summed E-state index contributed by atoms with van der Waals surface area (Å²) in [4.78, 5) is 11.8. The third-order valence-electron chi connectivity index (χ3n) is 3.52. The molecule has 0 aliphatic heterocycles. The van der Waals surface area contributed by atoms with Gasteiger partial charge >= 0.3 is 5.97 Å². The van der Waals surface area contributed by atoms with Gasteiger partial charge in [-0.15, -0.1) is 0 Å². The second-order valence-corrected chi connectivity index (χ2v) is 6.92. The van der Waals surface area contributed by atoms with Gasteiger partial charge in [-0.25, -0.2) is 8.42 Å². The zero-order valence-corrected chi connectivity index (χ0v) is 15.6. The topological polar surface area (TPSA) is 90.9 Å². The number of nitrogens with one attached hydrogen (secondary N) is 1. The van der Waals surface area contributed by atoms with Crippen molar-refractivity contribution in [1.29, 1.82) is 0 Å². The number of hydrogen-bond donors (Lipinski definition) is 1. The molecule has 0 atom stereocenters. The molecule has 0 bridgehead atoms. The van der Waals surface area contributed by atoms with E-state index in [9.17, 15) is 13.2 Å². The molecule has 2 aromatic rings. The molecule has 2 aromatic carbocycles. The summed E-state index contributed by atoms with van der Waals surface area (Å²) < 4.78 is 43.6. The zero-order valence-electron chi connectivity index (χ0n) is 14.8. The van der Waals surface area contributed by atoms with Crippen molar-refractivity contribution < 1.29 is 27.4 Å². The van der Waals surface area contributed by atoms with Crippen LogP contribution in [0.5, 0.6) is 11.5 Å². The number of anilines is 1. The van der Waals surface area contributed by atoms with E-state index in [1.54, 1.807) is 37.3 Å². The van der Waals surface area contributed by atoms with Crippen LogP contribution in [0.1, 0.15) is 12.5 Å². The van der Waals surface area contributed by atoms with E-state index in [4.69, 9.17) is 14.2 Å². The summed E-state index contributed by atoms with van der Waals surface area (Å²) in [5.74, 6) is 0.0369. The summed E-state index contributed by atoms with van der Waals surface area (Å²) in [6, 6.07) is 11.3. The lowest BCUT2D eigenvalue weighted by molar-refractivity contribution is -0.142. The van der Waals surface area contributed by atoms with Crippen molar-refractivity contribution in [3.8, 4) is 11.5 Å². The Bertz CT molecular complexity index is 865. The Morgan fingerprint density at radius 1 is 1.04 bits per heavy atom. The second kappa shape index (κ2) is 8.57. The lowest BCUT2D eigenvalue weighted by atomic mass is 10.1. The Balaban J connectivity index is 2.51. The summed E-state index contributed by atoms with van der Waals surface area (Å²) in [6.45, 7) is 1.89. The van der Waals surface area contributed by atoms with E-state index in [0.717, 1.165) is 0 Å². The molecule has 0 amide bonds. The average molecular weight is 379 g/mol. The van der Waals surface area contributed by atoms with E-state index in [2.05, 4.69) is 4.72 Å². The minimum absolute atomic E-state index is 0.0768. The molecule has 26 heavy (non-hydrogen) atoms. The first-order valence-corrected chi connectivity index (χ1v) is 9.38. The zero-order chi connectivity index (χ0) is 19.2. The maximum Gasteiger partial charge on any atom is 0.310 e. The molecular weight excluding hydrogens is 358 g/mol. The fourth-order valence-corrected chi connectivity index (χ4v) is 3.67. The average Bonchev–Trinajstić information content (AvgIpc) is 2.61. The molecule has 7 nitrogen and oxygen atoms in total. The molecule has 8 heteroatoms. The number of ether oxygens (including phenoxy) is 3. The number of hydrogen-bond acceptors (Lipinski definition) is 6. The molecule has 0 saturated heterocycles. The number of benzene rings is 2. The molecule has 0 radical (unpaired) electrons. The SMILES string of the molecule is CCOC(=O)Cc1cc(OC)c(OC)cc1S(=O)(=O)Nc1ccccc1. The predicted octanol–water partition coefficient (Wildman–Crippen LogP) is 2.61. The molecule has 0 spiro atoms. The van der Waals surface area contributed by atoms with Crippen LogP contribution in [0.15, 0.2) is 47.4 Å². The van der Waals surface area contributed by atoms with Crippen LogP contribution in [-0.4, -0.2) is 35.2 Å². The number of para-hydroxylation sites is 1. The van der Waals surface area contributed by atoms with Gasteiger partial charge in [0.1, 0.15) is 0 Å². The van der Waals surface area contributed by atoms with Crippen LogP contribution in [-0.2, 0) is 26.0 Å². The molecule has 0 heterocycles. The Labute approximate surface area is 152 Å². The largest absolute Gasteiger partial charge is 0.493 e. The Morgan fingerprint density at radius 2 is 1.65 bits per heavy atom. The van der Waals surface area contributed by atoms with Crippen LogP contribution >= 0.6 is 0 Å². The van der Waals surface area contributed by atoms with Gasteiger partial charge in [0, 0.05) is 11.8 Å². The summed E-state index contributed by atoms with van der Waals surface area (Å²) in [5.41, 5.74) is 0.661. The lowest BCUT2D eigenvalue weighted by Gasteiger charge is -2.16. The fourth-order valence-electron chi connectivity index (χ4n) is 2.37. The number of carbonyl (C=O) groups excluding carboxylic acids is 1. The number of methoxy groups -OCH3 is 2. The highest BCUT2D eigenvalue weighted by Crippen LogP contribution is 2.34. The normalized spacial score (nSPS) is 10.9. The van der Waals surface area contributed by atoms with Crippen molar-refractivity contribution in [3.05, 3.63) is 48.0 Å². The highest BCUT2D eigenvalue weighted by Gasteiger charge is 2.24. The van der Waals surface area contributed by atoms with E-state index in [1.807, 2.05) is 0 Å². The van der Waals surface area contributed by atoms with Crippen LogP contribution in [0.25, 0.3) is 0 Å². The molecule has 0 aromatic heterocycles. The van der Waals surface area contributed by atoms with Crippen molar-refractivity contribution in [1.82, 2.24) is 0 Å². The minimum Gasteiger partial charge on any atom is -0.493 e. The summed E-state index contributed by atoms with van der Waals surface area (Å²) in [6.07, 6.45) is -0.209. The molecule has 0 unspecified atom stereocenters. The molecule has 0 aliphatic carbocycles. The summed E-state index contributed by atoms with van der Waals surface area (Å²) in [5, 5.41) is 0. The number of sulfonamides is 1. The van der Waals surface area contributed by atoms with Crippen LogP contribution in [0, 0.1) is 0 Å². The van der Waals surface area contributed by atoms with Crippen molar-refractivity contribution in [2.75, 3.05) is 25.5 Å². The lowest BCUT2D eigenvalue weighted by Crippen LogP contribution is -2.17. The Morgan fingerprint density at radius 3 is 2.23 bits per heavy atom. The van der Waals surface area contributed by atoms with Crippen LogP contribution < -0.4 is 14.2 Å². The number of esters is 1. The maximum atomic E-state index is 12.9. The second-order valence-electron chi connectivity index (χ2n) is 5.27. The van der Waals surface area contributed by atoms with Gasteiger partial charge in [-0.2, -0.15) is 0 Å². The predicted molar refractivity (Wildman–Crippen MR) is 97.1 cm³/mol. The van der Waals surface area contributed by atoms with Crippen LogP contribution in [0.4, 0.5) is 5.69 Å². The van der Waals surface area contributed by atoms with Crippen molar-refractivity contribution >= 4 is 21.7 Å². The van der Waals surface area contributed by atoms with Gasteiger partial charge in [0.2, 0.25) is 0 Å². The van der Waals surface area contributed by atoms with Gasteiger partial charge in [0.05, 0.1) is 32.1 Å². The molecule has 0 fully saturated rings. The first-order valence-electron chi connectivity index (χ1n) is 7.89. The third kappa shape index (κ3) is 4.66. The van der Waals surface area contributed by atoms with Crippen molar-refractivity contribution in [2.24, 2.45) is 0 Å². The molecule has 0 saturated carbocycles. The minimum atomic E-state index is -3.96. The molecule has 140 valence electrons. The molecule has 2 rings (SSSR count). The summed E-state index contributed by atoms with van der Waals surface area (Å²) >= 11 is 0. The number of carbonyl (C=O) groups is 1. The quantitative estimate of drug-likeness (QED) is 0.709. The Hall–Kier alpha value is -2.74. The monoisotopic (exact) mass is 379 g/mol. The van der Waals surface area contributed by atoms with Crippen LogP contribution in [0.3, 0.4) is 0 Å². The van der Waals surface area contributed by atoms with E-state index in [1.165, 1.54) is 26.4 Å². The highest BCUT2D eigenvalue weighted by molar-refractivity contribution is 7.92.